The predicted molar refractivity (Wildman–Crippen MR) is 79.1 cm³/mol. The van der Waals surface area contributed by atoms with Crippen molar-refractivity contribution < 1.29 is 14.3 Å². The minimum Gasteiger partial charge on any atom is -0.395 e. The van der Waals surface area contributed by atoms with E-state index in [0.29, 0.717) is 12.1 Å². The lowest BCUT2D eigenvalue weighted by atomic mass is 10.1. The summed E-state index contributed by atoms with van der Waals surface area (Å²) in [6.07, 6.45) is 2.25. The van der Waals surface area contributed by atoms with Crippen LogP contribution in [0.15, 0.2) is 18.2 Å². The summed E-state index contributed by atoms with van der Waals surface area (Å²) in [5.41, 5.74) is 0.785. The highest BCUT2D eigenvalue weighted by molar-refractivity contribution is 8.00. The number of amides is 1. The van der Waals surface area contributed by atoms with Gasteiger partial charge in [-0.15, -0.1) is 11.8 Å². The van der Waals surface area contributed by atoms with Crippen LogP contribution in [0.25, 0.3) is 0 Å². The molecule has 1 atom stereocenters. The van der Waals surface area contributed by atoms with Gasteiger partial charge in [-0.25, -0.2) is 4.39 Å². The molecule has 1 aromatic carbocycles. The Morgan fingerprint density at radius 2 is 2.40 bits per heavy atom. The maximum absolute atomic E-state index is 13.6. The van der Waals surface area contributed by atoms with Crippen LogP contribution in [0.3, 0.4) is 0 Å². The summed E-state index contributed by atoms with van der Waals surface area (Å²) < 4.78 is 13.6. The fourth-order valence-electron chi connectivity index (χ4n) is 1.92. The fraction of sp³-hybridized carbons (Fsp3) is 0.400. The molecule has 1 aromatic rings. The summed E-state index contributed by atoms with van der Waals surface area (Å²) in [6.45, 7) is -0.0516. The molecular formula is C15H16FNO2S. The van der Waals surface area contributed by atoms with Gasteiger partial charge < -0.3 is 10.4 Å². The first-order valence-corrected chi connectivity index (χ1v) is 7.57. The van der Waals surface area contributed by atoms with Crippen LogP contribution in [0.2, 0.25) is 0 Å². The Hall–Kier alpha value is -1.51. The normalized spacial score (nSPS) is 17.4. The third-order valence-electron chi connectivity index (χ3n) is 2.92. The van der Waals surface area contributed by atoms with Gasteiger partial charge in [-0.1, -0.05) is 11.8 Å². The van der Waals surface area contributed by atoms with E-state index in [1.165, 1.54) is 18.2 Å². The number of hydrogen-bond donors (Lipinski definition) is 2. The van der Waals surface area contributed by atoms with Gasteiger partial charge in [0.1, 0.15) is 5.82 Å². The van der Waals surface area contributed by atoms with Crippen LogP contribution < -0.4 is 5.32 Å². The molecule has 0 aliphatic carbocycles. The van der Waals surface area contributed by atoms with Gasteiger partial charge in [0.05, 0.1) is 17.4 Å². The van der Waals surface area contributed by atoms with E-state index in [4.69, 9.17) is 5.11 Å². The van der Waals surface area contributed by atoms with Gasteiger partial charge >= 0.3 is 0 Å². The van der Waals surface area contributed by atoms with Crippen molar-refractivity contribution in [2.75, 3.05) is 17.7 Å². The molecular weight excluding hydrogens is 277 g/mol. The highest BCUT2D eigenvalue weighted by Crippen LogP contribution is 2.27. The van der Waals surface area contributed by atoms with Crippen molar-refractivity contribution in [3.05, 3.63) is 29.6 Å². The van der Waals surface area contributed by atoms with Crippen LogP contribution >= 0.6 is 11.8 Å². The number of nitrogens with one attached hydrogen (secondary N) is 1. The summed E-state index contributed by atoms with van der Waals surface area (Å²) in [5, 5.41) is 11.4. The number of halogens is 1. The Labute approximate surface area is 122 Å². The second-order valence-corrected chi connectivity index (χ2v) is 5.77. The standard InChI is InChI=1S/C15H16FNO2S/c16-13-7-6-12(10-11(13)4-1-2-8-18)17-15(19)14-5-3-9-20-14/h6-7,10,14,18H,2-3,5,8-9H2,(H,17,19). The number of hydrogen-bond acceptors (Lipinski definition) is 3. The Morgan fingerprint density at radius 1 is 1.55 bits per heavy atom. The number of aliphatic hydroxyl groups is 1. The molecule has 0 saturated carbocycles. The first-order valence-electron chi connectivity index (χ1n) is 6.52. The van der Waals surface area contributed by atoms with E-state index < -0.39 is 5.82 Å². The topological polar surface area (TPSA) is 49.3 Å². The van der Waals surface area contributed by atoms with Crippen molar-refractivity contribution in [1.29, 1.82) is 0 Å². The number of benzene rings is 1. The van der Waals surface area contributed by atoms with Crippen molar-refractivity contribution in [2.45, 2.75) is 24.5 Å². The fourth-order valence-corrected chi connectivity index (χ4v) is 3.08. The lowest BCUT2D eigenvalue weighted by Crippen LogP contribution is -2.22. The second kappa shape index (κ2) is 7.32. The number of rotatable bonds is 3. The number of thioether (sulfide) groups is 1. The predicted octanol–water partition coefficient (Wildman–Crippen LogP) is 2.39. The smallest absolute Gasteiger partial charge is 0.237 e. The van der Waals surface area contributed by atoms with E-state index >= 15 is 0 Å². The van der Waals surface area contributed by atoms with Crippen LogP contribution in [0, 0.1) is 17.7 Å². The zero-order valence-electron chi connectivity index (χ0n) is 11.0. The minimum absolute atomic E-state index is 0.0102. The Balaban J connectivity index is 2.07. The molecule has 1 heterocycles. The quantitative estimate of drug-likeness (QED) is 0.841. The zero-order valence-corrected chi connectivity index (χ0v) is 11.8. The molecule has 1 aliphatic rings. The van der Waals surface area contributed by atoms with Crippen molar-refractivity contribution >= 4 is 23.4 Å². The number of anilines is 1. The molecule has 1 aliphatic heterocycles. The van der Waals surface area contributed by atoms with Crippen LogP contribution in [-0.2, 0) is 4.79 Å². The highest BCUT2D eigenvalue weighted by atomic mass is 32.2. The van der Waals surface area contributed by atoms with Crippen LogP contribution in [-0.4, -0.2) is 28.6 Å². The maximum atomic E-state index is 13.6. The van der Waals surface area contributed by atoms with Gasteiger partial charge in [0, 0.05) is 12.1 Å². The average molecular weight is 293 g/mol. The third kappa shape index (κ3) is 3.99. The lowest BCUT2D eigenvalue weighted by Gasteiger charge is -2.10. The zero-order chi connectivity index (χ0) is 14.4. The molecule has 1 amide bonds. The minimum atomic E-state index is -0.427. The molecule has 1 unspecified atom stereocenters. The van der Waals surface area contributed by atoms with Gasteiger partial charge in [-0.3, -0.25) is 4.79 Å². The summed E-state index contributed by atoms with van der Waals surface area (Å²) in [6, 6.07) is 4.35. The summed E-state index contributed by atoms with van der Waals surface area (Å²) >= 11 is 1.65. The van der Waals surface area contributed by atoms with Crippen molar-refractivity contribution in [3.63, 3.8) is 0 Å². The Kier molecular flexibility index (Phi) is 5.45. The molecule has 5 heteroatoms. The van der Waals surface area contributed by atoms with E-state index in [9.17, 15) is 9.18 Å². The average Bonchev–Trinajstić information content (AvgIpc) is 2.96. The Bertz CT molecular complexity index is 545. The summed E-state index contributed by atoms with van der Waals surface area (Å²) in [5.74, 6) is 5.88. The second-order valence-electron chi connectivity index (χ2n) is 4.46. The van der Waals surface area contributed by atoms with E-state index in [1.807, 2.05) is 0 Å². The monoisotopic (exact) mass is 293 g/mol. The molecule has 20 heavy (non-hydrogen) atoms. The van der Waals surface area contributed by atoms with Gasteiger partial charge in [-0.05, 0) is 36.8 Å². The molecule has 0 bridgehead atoms. The van der Waals surface area contributed by atoms with E-state index in [2.05, 4.69) is 17.2 Å². The molecule has 0 aromatic heterocycles. The maximum Gasteiger partial charge on any atom is 0.237 e. The molecule has 1 fully saturated rings. The van der Waals surface area contributed by atoms with Crippen molar-refractivity contribution in [3.8, 4) is 11.8 Å². The largest absolute Gasteiger partial charge is 0.395 e. The van der Waals surface area contributed by atoms with Gasteiger partial charge in [0.25, 0.3) is 0 Å². The molecule has 3 nitrogen and oxygen atoms in total. The van der Waals surface area contributed by atoms with Crippen molar-refractivity contribution in [1.82, 2.24) is 0 Å². The molecule has 0 radical (unpaired) electrons. The highest BCUT2D eigenvalue weighted by Gasteiger charge is 2.23. The molecule has 2 N–H and O–H groups in total. The molecule has 1 saturated heterocycles. The van der Waals surface area contributed by atoms with Gasteiger partial charge in [0.2, 0.25) is 5.91 Å². The Morgan fingerprint density at radius 3 is 3.10 bits per heavy atom. The lowest BCUT2D eigenvalue weighted by molar-refractivity contribution is -0.115. The number of carbonyl (C=O) groups is 1. The molecule has 2 rings (SSSR count). The molecule has 0 spiro atoms. The van der Waals surface area contributed by atoms with Crippen molar-refractivity contribution in [2.24, 2.45) is 0 Å². The van der Waals surface area contributed by atoms with Gasteiger partial charge in [-0.2, -0.15) is 0 Å². The first kappa shape index (κ1) is 14.9. The van der Waals surface area contributed by atoms with Crippen LogP contribution in [0.4, 0.5) is 10.1 Å². The molecule has 106 valence electrons. The number of carbonyl (C=O) groups excluding carboxylic acids is 1. The first-order chi connectivity index (χ1) is 9.70. The van der Waals surface area contributed by atoms with Crippen LogP contribution in [0.5, 0.6) is 0 Å². The summed E-state index contributed by atoms with van der Waals surface area (Å²) in [4.78, 5) is 12.0. The van der Waals surface area contributed by atoms with Crippen LogP contribution in [0.1, 0.15) is 24.8 Å². The van der Waals surface area contributed by atoms with E-state index in [-0.39, 0.29) is 23.3 Å². The van der Waals surface area contributed by atoms with E-state index in [1.54, 1.807) is 11.8 Å². The number of aliphatic hydroxyl groups excluding tert-OH is 1. The van der Waals surface area contributed by atoms with E-state index in [0.717, 1.165) is 18.6 Å². The summed E-state index contributed by atoms with van der Waals surface area (Å²) in [7, 11) is 0. The SMILES string of the molecule is O=C(Nc1ccc(F)c(C#CCCO)c1)C1CCCS1. The van der Waals surface area contributed by atoms with Gasteiger partial charge in [0.15, 0.2) is 0 Å². The third-order valence-corrected chi connectivity index (χ3v) is 4.29.